The lowest BCUT2D eigenvalue weighted by atomic mass is 9.80. The Labute approximate surface area is 143 Å². The molecule has 0 fully saturated rings. The second-order valence-corrected chi connectivity index (χ2v) is 6.85. The van der Waals surface area contributed by atoms with E-state index in [0.717, 1.165) is 34.7 Å². The summed E-state index contributed by atoms with van der Waals surface area (Å²) >= 11 is 1.13. The highest BCUT2D eigenvalue weighted by atomic mass is 32.1. The number of benzene rings is 2. The predicted octanol–water partition coefficient (Wildman–Crippen LogP) is 2.34. The summed E-state index contributed by atoms with van der Waals surface area (Å²) in [5.74, 6) is -0.197. The third-order valence-corrected chi connectivity index (χ3v) is 5.15. The normalized spacial score (nSPS) is 19.9. The van der Waals surface area contributed by atoms with Crippen LogP contribution in [0.3, 0.4) is 0 Å². The Kier molecular flexibility index (Phi) is 3.78. The molecule has 0 saturated heterocycles. The Balaban J connectivity index is 1.45. The van der Waals surface area contributed by atoms with Crippen molar-refractivity contribution in [2.45, 2.75) is 24.9 Å². The van der Waals surface area contributed by atoms with Crippen LogP contribution in [0.5, 0.6) is 0 Å². The topological polar surface area (TPSA) is 75.1 Å². The van der Waals surface area contributed by atoms with Crippen molar-refractivity contribution in [3.05, 3.63) is 59.2 Å². The van der Waals surface area contributed by atoms with Crippen LogP contribution in [-0.2, 0) is 12.8 Å². The van der Waals surface area contributed by atoms with Gasteiger partial charge in [0.25, 0.3) is 5.91 Å². The maximum atomic E-state index is 12.4. The van der Waals surface area contributed by atoms with Gasteiger partial charge in [-0.15, -0.1) is 0 Å². The van der Waals surface area contributed by atoms with E-state index in [2.05, 4.69) is 20.1 Å². The number of amides is 1. The van der Waals surface area contributed by atoms with Crippen LogP contribution in [0.1, 0.15) is 27.9 Å². The molecule has 5 nitrogen and oxygen atoms in total. The molecule has 0 unspecified atom stereocenters. The van der Waals surface area contributed by atoms with Gasteiger partial charge in [-0.2, -0.15) is 8.75 Å². The molecule has 1 aliphatic rings. The standard InChI is InChI=1S/C18H17N3O2S/c22-17(13-5-6-15-16(9-13)21-24-20-15)19-11-18(23)8-7-12-3-1-2-4-14(12)10-18/h1-6,9,23H,7-8,10-11H2,(H,19,22)/t18-/m0/s1. The van der Waals surface area contributed by atoms with Crippen molar-refractivity contribution in [2.75, 3.05) is 6.54 Å². The molecule has 0 radical (unpaired) electrons. The highest BCUT2D eigenvalue weighted by Crippen LogP contribution is 2.28. The molecular weight excluding hydrogens is 322 g/mol. The van der Waals surface area contributed by atoms with Crippen LogP contribution in [0.25, 0.3) is 11.0 Å². The summed E-state index contributed by atoms with van der Waals surface area (Å²) in [4.78, 5) is 12.4. The first-order valence-corrected chi connectivity index (χ1v) is 8.66. The molecule has 1 aromatic heterocycles. The minimum absolute atomic E-state index is 0.197. The molecule has 24 heavy (non-hydrogen) atoms. The molecule has 1 aliphatic carbocycles. The summed E-state index contributed by atoms with van der Waals surface area (Å²) in [5, 5.41) is 13.7. The molecule has 2 aromatic carbocycles. The minimum Gasteiger partial charge on any atom is -0.388 e. The third-order valence-electron chi connectivity index (χ3n) is 4.59. The van der Waals surface area contributed by atoms with Gasteiger partial charge in [-0.25, -0.2) is 0 Å². The number of rotatable bonds is 3. The largest absolute Gasteiger partial charge is 0.388 e. The first-order valence-electron chi connectivity index (χ1n) is 7.93. The maximum absolute atomic E-state index is 12.4. The van der Waals surface area contributed by atoms with Gasteiger partial charge in [0, 0.05) is 18.5 Å². The summed E-state index contributed by atoms with van der Waals surface area (Å²) in [5.41, 5.74) is 3.61. The molecule has 1 heterocycles. The number of nitrogens with zero attached hydrogens (tertiary/aromatic N) is 2. The van der Waals surface area contributed by atoms with E-state index < -0.39 is 5.60 Å². The Hall–Kier alpha value is -2.31. The number of carbonyl (C=O) groups excluding carboxylic acids is 1. The molecule has 0 spiro atoms. The van der Waals surface area contributed by atoms with Crippen molar-refractivity contribution in [2.24, 2.45) is 0 Å². The van der Waals surface area contributed by atoms with Crippen molar-refractivity contribution >= 4 is 28.7 Å². The highest BCUT2D eigenvalue weighted by molar-refractivity contribution is 7.00. The van der Waals surface area contributed by atoms with E-state index in [1.165, 1.54) is 5.56 Å². The van der Waals surface area contributed by atoms with E-state index in [-0.39, 0.29) is 12.5 Å². The number of aryl methyl sites for hydroxylation is 1. The van der Waals surface area contributed by atoms with Crippen molar-refractivity contribution in [1.82, 2.24) is 14.1 Å². The number of hydrogen-bond acceptors (Lipinski definition) is 5. The van der Waals surface area contributed by atoms with E-state index in [1.54, 1.807) is 18.2 Å². The Morgan fingerprint density at radius 3 is 2.83 bits per heavy atom. The fraction of sp³-hybridized carbons (Fsp3) is 0.278. The predicted molar refractivity (Wildman–Crippen MR) is 93.2 cm³/mol. The van der Waals surface area contributed by atoms with Gasteiger partial charge in [0.2, 0.25) is 0 Å². The number of fused-ring (bicyclic) bond motifs is 2. The number of nitrogens with one attached hydrogen (secondary N) is 1. The lowest BCUT2D eigenvalue weighted by Crippen LogP contribution is -2.46. The van der Waals surface area contributed by atoms with Crippen LogP contribution in [0.2, 0.25) is 0 Å². The molecule has 122 valence electrons. The second kappa shape index (κ2) is 5.96. The van der Waals surface area contributed by atoms with Gasteiger partial charge in [0.1, 0.15) is 11.0 Å². The first kappa shape index (κ1) is 15.2. The van der Waals surface area contributed by atoms with Crippen molar-refractivity contribution < 1.29 is 9.90 Å². The van der Waals surface area contributed by atoms with Gasteiger partial charge < -0.3 is 10.4 Å². The zero-order chi connectivity index (χ0) is 16.6. The van der Waals surface area contributed by atoms with Gasteiger partial charge in [-0.3, -0.25) is 4.79 Å². The zero-order valence-electron chi connectivity index (χ0n) is 13.0. The molecule has 0 aliphatic heterocycles. The second-order valence-electron chi connectivity index (χ2n) is 6.32. The van der Waals surface area contributed by atoms with Crippen LogP contribution in [0.15, 0.2) is 42.5 Å². The first-order chi connectivity index (χ1) is 11.6. The van der Waals surface area contributed by atoms with Crippen molar-refractivity contribution in [3.8, 4) is 0 Å². The smallest absolute Gasteiger partial charge is 0.251 e. The zero-order valence-corrected chi connectivity index (χ0v) is 13.8. The number of hydrogen-bond donors (Lipinski definition) is 2. The lowest BCUT2D eigenvalue weighted by molar-refractivity contribution is 0.0260. The van der Waals surface area contributed by atoms with Crippen LogP contribution in [-0.4, -0.2) is 31.9 Å². The van der Waals surface area contributed by atoms with Crippen molar-refractivity contribution in [3.63, 3.8) is 0 Å². The molecule has 3 aromatic rings. The van der Waals surface area contributed by atoms with Gasteiger partial charge >= 0.3 is 0 Å². The van der Waals surface area contributed by atoms with E-state index in [9.17, 15) is 9.90 Å². The Morgan fingerprint density at radius 2 is 1.96 bits per heavy atom. The average Bonchev–Trinajstić information content (AvgIpc) is 3.07. The van der Waals surface area contributed by atoms with E-state index >= 15 is 0 Å². The minimum atomic E-state index is -0.893. The van der Waals surface area contributed by atoms with Gasteiger partial charge in [0.05, 0.1) is 17.3 Å². The molecule has 1 amide bonds. The third kappa shape index (κ3) is 2.90. The summed E-state index contributed by atoms with van der Waals surface area (Å²) < 4.78 is 8.28. The average molecular weight is 339 g/mol. The summed E-state index contributed by atoms with van der Waals surface area (Å²) in [6.07, 6.45) is 2.05. The number of carbonyl (C=O) groups is 1. The molecule has 4 rings (SSSR count). The van der Waals surface area contributed by atoms with E-state index in [0.29, 0.717) is 18.4 Å². The fourth-order valence-corrected chi connectivity index (χ4v) is 3.72. The quantitative estimate of drug-likeness (QED) is 0.768. The van der Waals surface area contributed by atoms with Gasteiger partial charge in [-0.05, 0) is 42.2 Å². The molecular formula is C18H17N3O2S. The lowest BCUT2D eigenvalue weighted by Gasteiger charge is -2.33. The van der Waals surface area contributed by atoms with Gasteiger partial charge in [0.15, 0.2) is 0 Å². The van der Waals surface area contributed by atoms with Gasteiger partial charge in [-0.1, -0.05) is 24.3 Å². The number of aromatic nitrogens is 2. The maximum Gasteiger partial charge on any atom is 0.251 e. The van der Waals surface area contributed by atoms with Crippen LogP contribution in [0.4, 0.5) is 0 Å². The number of aliphatic hydroxyl groups is 1. The highest BCUT2D eigenvalue weighted by Gasteiger charge is 2.32. The van der Waals surface area contributed by atoms with Crippen LogP contribution >= 0.6 is 11.7 Å². The van der Waals surface area contributed by atoms with Crippen LogP contribution in [0, 0.1) is 0 Å². The molecule has 0 bridgehead atoms. The monoisotopic (exact) mass is 339 g/mol. The molecule has 1 atom stereocenters. The van der Waals surface area contributed by atoms with E-state index in [1.807, 2.05) is 18.2 Å². The van der Waals surface area contributed by atoms with Crippen LogP contribution < -0.4 is 5.32 Å². The van der Waals surface area contributed by atoms with Crippen molar-refractivity contribution in [1.29, 1.82) is 0 Å². The summed E-state index contributed by atoms with van der Waals surface area (Å²) in [6.45, 7) is 0.244. The summed E-state index contributed by atoms with van der Waals surface area (Å²) in [6, 6.07) is 13.4. The summed E-state index contributed by atoms with van der Waals surface area (Å²) in [7, 11) is 0. The molecule has 2 N–H and O–H groups in total. The Bertz CT molecular complexity index is 908. The Morgan fingerprint density at radius 1 is 1.17 bits per heavy atom. The fourth-order valence-electron chi connectivity index (χ4n) is 3.21. The van der Waals surface area contributed by atoms with E-state index in [4.69, 9.17) is 0 Å². The SMILES string of the molecule is O=C(NC[C@]1(O)CCc2ccccc2C1)c1ccc2nsnc2c1. The molecule has 6 heteroatoms. The molecule has 0 saturated carbocycles.